The normalized spacial score (nSPS) is 27.3. The highest BCUT2D eigenvalue weighted by Crippen LogP contribution is 2.43. The minimum Gasteiger partial charge on any atom is -0.369 e. The molecule has 172 valence electrons. The second-order valence-corrected chi connectivity index (χ2v) is 10.6. The molecule has 0 bridgehead atoms. The Bertz CT molecular complexity index is 693. The number of rotatable bonds is 6. The Kier molecular flexibility index (Phi) is 6.43. The molecule has 1 unspecified atom stereocenters. The lowest BCUT2D eigenvalue weighted by Crippen LogP contribution is -2.51. The van der Waals surface area contributed by atoms with Gasteiger partial charge in [0, 0.05) is 38.3 Å². The topological polar surface area (TPSA) is 25.9 Å². The molecule has 31 heavy (non-hydrogen) atoms. The van der Waals surface area contributed by atoms with Gasteiger partial charge in [0.15, 0.2) is 0 Å². The molecule has 5 nitrogen and oxygen atoms in total. The first-order chi connectivity index (χ1) is 15.2. The number of hydrogen-bond donors (Lipinski definition) is 0. The zero-order valence-electron chi connectivity index (χ0n) is 19.9. The van der Waals surface area contributed by atoms with E-state index in [9.17, 15) is 0 Å². The molecule has 4 heterocycles. The molecule has 5 rings (SSSR count). The van der Waals surface area contributed by atoms with Crippen molar-refractivity contribution in [2.45, 2.75) is 77.3 Å². The molecule has 0 radical (unpaired) electrons. The van der Waals surface area contributed by atoms with Gasteiger partial charge in [-0.2, -0.15) is 0 Å². The van der Waals surface area contributed by atoms with Gasteiger partial charge in [-0.15, -0.1) is 0 Å². The number of hydrogen-bond acceptors (Lipinski definition) is 5. The van der Waals surface area contributed by atoms with Crippen LogP contribution in [0.5, 0.6) is 0 Å². The molecule has 5 heteroatoms. The van der Waals surface area contributed by atoms with Crippen molar-refractivity contribution in [1.29, 1.82) is 0 Å². The van der Waals surface area contributed by atoms with Crippen LogP contribution in [0.15, 0.2) is 18.3 Å². The fraction of sp³-hybridized carbons (Fsp3) is 0.808. The Hall–Kier alpha value is -1.33. The number of piperidine rings is 2. The fourth-order valence-corrected chi connectivity index (χ4v) is 6.59. The van der Waals surface area contributed by atoms with Gasteiger partial charge in [-0.05, 0) is 88.7 Å². The quantitative estimate of drug-likeness (QED) is 0.679. The lowest BCUT2D eigenvalue weighted by molar-refractivity contribution is 0.0305. The van der Waals surface area contributed by atoms with Crippen LogP contribution in [0.4, 0.5) is 11.5 Å². The molecule has 1 aromatic rings. The van der Waals surface area contributed by atoms with Crippen LogP contribution in [0.25, 0.3) is 0 Å². The molecule has 1 atom stereocenters. The Balaban J connectivity index is 1.12. The maximum absolute atomic E-state index is 4.91. The van der Waals surface area contributed by atoms with Crippen LogP contribution < -0.4 is 9.80 Å². The first-order valence-electron chi connectivity index (χ1n) is 13.1. The smallest absolute Gasteiger partial charge is 0.128 e. The van der Waals surface area contributed by atoms with Crippen molar-refractivity contribution in [3.8, 4) is 0 Å². The van der Waals surface area contributed by atoms with Gasteiger partial charge in [0.2, 0.25) is 0 Å². The van der Waals surface area contributed by atoms with Gasteiger partial charge < -0.3 is 14.7 Å². The second kappa shape index (κ2) is 9.27. The molecule has 0 amide bonds. The van der Waals surface area contributed by atoms with Crippen LogP contribution in [0.3, 0.4) is 0 Å². The van der Waals surface area contributed by atoms with Crippen molar-refractivity contribution < 1.29 is 0 Å². The van der Waals surface area contributed by atoms with E-state index in [1.807, 2.05) is 0 Å². The van der Waals surface area contributed by atoms with E-state index >= 15 is 0 Å². The maximum Gasteiger partial charge on any atom is 0.128 e. The van der Waals surface area contributed by atoms with Gasteiger partial charge in [-0.25, -0.2) is 4.98 Å². The third-order valence-electron chi connectivity index (χ3n) is 9.19. The van der Waals surface area contributed by atoms with E-state index in [1.54, 1.807) is 0 Å². The van der Waals surface area contributed by atoms with E-state index in [0.717, 1.165) is 32.2 Å². The first-order valence-corrected chi connectivity index (χ1v) is 13.1. The van der Waals surface area contributed by atoms with Crippen molar-refractivity contribution in [2.75, 3.05) is 62.2 Å². The Morgan fingerprint density at radius 2 is 1.61 bits per heavy atom. The highest BCUT2D eigenvalue weighted by Gasteiger charge is 2.39. The average molecular weight is 426 g/mol. The maximum atomic E-state index is 4.91. The summed E-state index contributed by atoms with van der Waals surface area (Å²) in [6, 6.07) is 6.22. The lowest BCUT2D eigenvalue weighted by Gasteiger charge is -2.50. The molecule has 3 aliphatic heterocycles. The molecule has 1 saturated carbocycles. The molecular formula is C26H43N5. The third-order valence-corrected chi connectivity index (χ3v) is 9.19. The average Bonchev–Trinajstić information content (AvgIpc) is 3.26. The molecule has 4 aliphatic rings. The van der Waals surface area contributed by atoms with E-state index in [2.05, 4.69) is 51.8 Å². The van der Waals surface area contributed by atoms with Crippen molar-refractivity contribution in [2.24, 2.45) is 5.41 Å². The number of aromatic nitrogens is 1. The van der Waals surface area contributed by atoms with Gasteiger partial charge in [0.05, 0.1) is 11.9 Å². The molecule has 0 aromatic carbocycles. The van der Waals surface area contributed by atoms with Gasteiger partial charge in [0.25, 0.3) is 0 Å². The van der Waals surface area contributed by atoms with Crippen molar-refractivity contribution in [3.05, 3.63) is 18.3 Å². The van der Waals surface area contributed by atoms with Crippen LogP contribution in [-0.4, -0.2) is 79.2 Å². The van der Waals surface area contributed by atoms with Crippen LogP contribution in [0.2, 0.25) is 0 Å². The van der Waals surface area contributed by atoms with Crippen LogP contribution in [0.1, 0.15) is 65.2 Å². The van der Waals surface area contributed by atoms with Crippen LogP contribution in [-0.2, 0) is 0 Å². The zero-order valence-corrected chi connectivity index (χ0v) is 19.9. The van der Waals surface area contributed by atoms with Crippen LogP contribution >= 0.6 is 0 Å². The summed E-state index contributed by atoms with van der Waals surface area (Å²) in [4.78, 5) is 15.4. The largest absolute Gasteiger partial charge is 0.369 e. The highest BCUT2D eigenvalue weighted by atomic mass is 15.3. The number of nitrogens with zero attached hydrogens (tertiary/aromatic N) is 5. The van der Waals surface area contributed by atoms with Crippen molar-refractivity contribution >= 4 is 11.5 Å². The predicted molar refractivity (Wildman–Crippen MR) is 130 cm³/mol. The summed E-state index contributed by atoms with van der Waals surface area (Å²) in [5, 5.41) is 0. The SMILES string of the molecule is CCN(CC)C1CCN(c2ccc(N3CCC4(CC3)CCN(C3CCC3)CC4)nc2)C1. The Labute approximate surface area is 189 Å². The molecule has 3 saturated heterocycles. The monoisotopic (exact) mass is 425 g/mol. The van der Waals surface area contributed by atoms with Gasteiger partial charge in [-0.1, -0.05) is 20.3 Å². The van der Waals surface area contributed by atoms with Crippen molar-refractivity contribution in [3.63, 3.8) is 0 Å². The Morgan fingerprint density at radius 1 is 0.903 bits per heavy atom. The summed E-state index contributed by atoms with van der Waals surface area (Å²) >= 11 is 0. The summed E-state index contributed by atoms with van der Waals surface area (Å²) in [6.07, 6.45) is 13.3. The minimum atomic E-state index is 0.617. The molecule has 1 aliphatic carbocycles. The molecule has 1 aromatic heterocycles. The summed E-state index contributed by atoms with van der Waals surface area (Å²) in [7, 11) is 0. The van der Waals surface area contributed by atoms with Crippen LogP contribution in [0, 0.1) is 5.41 Å². The summed E-state index contributed by atoms with van der Waals surface area (Å²) < 4.78 is 0. The lowest BCUT2D eigenvalue weighted by atomic mass is 9.70. The van der Waals surface area contributed by atoms with E-state index in [-0.39, 0.29) is 0 Å². The number of likely N-dealkylation sites (N-methyl/N-ethyl adjacent to an activating group) is 1. The molecule has 4 fully saturated rings. The first kappa shape index (κ1) is 21.5. The number of pyridine rings is 1. The van der Waals surface area contributed by atoms with E-state index in [1.165, 1.54) is 89.1 Å². The van der Waals surface area contributed by atoms with Gasteiger partial charge in [0.1, 0.15) is 5.82 Å². The standard InChI is InChI=1S/C26H43N5/c1-3-28(4-2)24-10-15-31(21-24)23-8-9-25(27-20-23)30-18-13-26(14-19-30)11-16-29(17-12-26)22-6-5-7-22/h8-9,20,22,24H,3-7,10-19,21H2,1-2H3. The van der Waals surface area contributed by atoms with Gasteiger partial charge >= 0.3 is 0 Å². The van der Waals surface area contributed by atoms with Gasteiger partial charge in [-0.3, -0.25) is 4.90 Å². The minimum absolute atomic E-state index is 0.617. The summed E-state index contributed by atoms with van der Waals surface area (Å²) in [6.45, 7) is 14.2. The number of likely N-dealkylation sites (tertiary alicyclic amines) is 1. The summed E-state index contributed by atoms with van der Waals surface area (Å²) in [5.41, 5.74) is 1.92. The number of anilines is 2. The zero-order chi connectivity index (χ0) is 21.3. The predicted octanol–water partition coefficient (Wildman–Crippen LogP) is 4.24. The molecule has 0 N–H and O–H groups in total. The second-order valence-electron chi connectivity index (χ2n) is 10.6. The third kappa shape index (κ3) is 4.45. The molecular weight excluding hydrogens is 382 g/mol. The van der Waals surface area contributed by atoms with Crippen molar-refractivity contribution in [1.82, 2.24) is 14.8 Å². The Morgan fingerprint density at radius 3 is 2.19 bits per heavy atom. The summed E-state index contributed by atoms with van der Waals surface area (Å²) in [5.74, 6) is 1.19. The van der Waals surface area contributed by atoms with E-state index in [4.69, 9.17) is 4.98 Å². The fourth-order valence-electron chi connectivity index (χ4n) is 6.59. The highest BCUT2D eigenvalue weighted by molar-refractivity contribution is 5.51. The van der Waals surface area contributed by atoms with E-state index in [0.29, 0.717) is 11.5 Å². The van der Waals surface area contributed by atoms with E-state index < -0.39 is 0 Å². The molecule has 1 spiro atoms.